The molecule has 0 heterocycles. The van der Waals surface area contributed by atoms with Crippen LogP contribution in [0.4, 0.5) is 5.69 Å². The number of ketones is 1. The van der Waals surface area contributed by atoms with Crippen molar-refractivity contribution in [1.29, 1.82) is 0 Å². The predicted octanol–water partition coefficient (Wildman–Crippen LogP) is 2.96. The lowest BCUT2D eigenvalue weighted by Crippen LogP contribution is -2.10. The third-order valence-electron chi connectivity index (χ3n) is 2.10. The number of nitro groups is 1. The van der Waals surface area contributed by atoms with Gasteiger partial charge in [0.15, 0.2) is 11.5 Å². The van der Waals surface area contributed by atoms with Gasteiger partial charge in [0, 0.05) is 11.6 Å². The van der Waals surface area contributed by atoms with Gasteiger partial charge in [-0.15, -0.1) is 0 Å². The van der Waals surface area contributed by atoms with Crippen LogP contribution in [0.25, 0.3) is 0 Å². The second-order valence-electron chi connectivity index (χ2n) is 3.35. The van der Waals surface area contributed by atoms with E-state index in [0.29, 0.717) is 12.2 Å². The van der Waals surface area contributed by atoms with Crippen LogP contribution >= 0.6 is 15.9 Å². The monoisotopic (exact) mass is 301 g/mol. The Morgan fingerprint density at radius 2 is 2.24 bits per heavy atom. The summed E-state index contributed by atoms with van der Waals surface area (Å²) in [6.45, 7) is 3.75. The van der Waals surface area contributed by atoms with Gasteiger partial charge in [0.05, 0.1) is 16.4 Å². The molecule has 0 radical (unpaired) electrons. The zero-order valence-corrected chi connectivity index (χ0v) is 11.1. The van der Waals surface area contributed by atoms with Crippen molar-refractivity contribution in [2.24, 2.45) is 0 Å². The van der Waals surface area contributed by atoms with Gasteiger partial charge in [0.2, 0.25) is 0 Å². The quantitative estimate of drug-likeness (QED) is 0.363. The average molecular weight is 302 g/mol. The first kappa shape index (κ1) is 13.6. The number of carbonyl (C=O) groups is 1. The normalized spacial score (nSPS) is 11.9. The Morgan fingerprint density at radius 3 is 2.71 bits per heavy atom. The fraction of sp³-hybridized carbons (Fsp3) is 0.364. The summed E-state index contributed by atoms with van der Waals surface area (Å²) in [5.74, 6) is -0.0209. The number of halogens is 1. The number of alkyl halides is 1. The molecule has 0 spiro atoms. The minimum absolute atomic E-state index is 0.177. The van der Waals surface area contributed by atoms with Gasteiger partial charge in [-0.25, -0.2) is 0 Å². The highest BCUT2D eigenvalue weighted by atomic mass is 79.9. The van der Waals surface area contributed by atoms with Gasteiger partial charge < -0.3 is 4.74 Å². The van der Waals surface area contributed by atoms with E-state index in [1.54, 1.807) is 13.8 Å². The number of Topliss-reactive ketones (excluding diaryl/α,β-unsaturated/α-hetero) is 1. The fourth-order valence-corrected chi connectivity index (χ4v) is 1.58. The van der Waals surface area contributed by atoms with Crippen molar-refractivity contribution in [1.82, 2.24) is 0 Å². The minimum atomic E-state index is -0.555. The molecule has 1 atom stereocenters. The summed E-state index contributed by atoms with van der Waals surface area (Å²) in [5.41, 5.74) is 0.107. The van der Waals surface area contributed by atoms with Crippen molar-refractivity contribution in [3.63, 3.8) is 0 Å². The van der Waals surface area contributed by atoms with Gasteiger partial charge in [0.25, 0.3) is 0 Å². The van der Waals surface area contributed by atoms with E-state index in [9.17, 15) is 14.9 Å². The second-order valence-corrected chi connectivity index (χ2v) is 4.73. The van der Waals surface area contributed by atoms with Gasteiger partial charge in [-0.3, -0.25) is 14.9 Å². The molecule has 0 aliphatic carbocycles. The van der Waals surface area contributed by atoms with Crippen LogP contribution in [0.3, 0.4) is 0 Å². The van der Waals surface area contributed by atoms with Crippen molar-refractivity contribution in [3.8, 4) is 5.75 Å². The van der Waals surface area contributed by atoms with Crippen LogP contribution in [0.2, 0.25) is 0 Å². The molecule has 0 N–H and O–H groups in total. The molecule has 0 aliphatic heterocycles. The molecule has 1 aromatic carbocycles. The molecule has 17 heavy (non-hydrogen) atoms. The van der Waals surface area contributed by atoms with E-state index in [1.807, 2.05) is 0 Å². The third-order valence-corrected chi connectivity index (χ3v) is 2.52. The summed E-state index contributed by atoms with van der Waals surface area (Å²) in [6, 6.07) is 4.22. The SMILES string of the molecule is CCOc1ccc(C(=O)C(C)Br)cc1[N+](=O)[O-]. The van der Waals surface area contributed by atoms with Crippen molar-refractivity contribution in [2.75, 3.05) is 6.61 Å². The molecule has 92 valence electrons. The van der Waals surface area contributed by atoms with Crippen LogP contribution in [0, 0.1) is 10.1 Å². The highest BCUT2D eigenvalue weighted by molar-refractivity contribution is 9.10. The summed E-state index contributed by atoms with van der Waals surface area (Å²) in [4.78, 5) is 21.6. The first-order valence-corrected chi connectivity index (χ1v) is 5.98. The number of hydrogen-bond donors (Lipinski definition) is 0. The smallest absolute Gasteiger partial charge is 0.311 e. The van der Waals surface area contributed by atoms with E-state index in [-0.39, 0.29) is 22.0 Å². The van der Waals surface area contributed by atoms with Gasteiger partial charge in [-0.2, -0.15) is 0 Å². The average Bonchev–Trinajstić information content (AvgIpc) is 2.28. The number of carbonyl (C=O) groups excluding carboxylic acids is 1. The zero-order chi connectivity index (χ0) is 13.0. The Bertz CT molecular complexity index is 445. The molecule has 0 saturated heterocycles. The standard InChI is InChI=1S/C11H12BrNO4/c1-3-17-10-5-4-8(11(14)7(2)12)6-9(10)13(15)16/h4-7H,3H2,1-2H3. The van der Waals surface area contributed by atoms with E-state index >= 15 is 0 Å². The Balaban J connectivity index is 3.18. The number of rotatable bonds is 5. The Labute approximate surface area is 107 Å². The summed E-state index contributed by atoms with van der Waals surface area (Å²) >= 11 is 3.14. The van der Waals surface area contributed by atoms with E-state index in [4.69, 9.17) is 4.74 Å². The van der Waals surface area contributed by atoms with Crippen LogP contribution < -0.4 is 4.74 Å². The van der Waals surface area contributed by atoms with Crippen LogP contribution in [-0.4, -0.2) is 22.1 Å². The lowest BCUT2D eigenvalue weighted by atomic mass is 10.1. The predicted molar refractivity (Wildman–Crippen MR) is 67.0 cm³/mol. The van der Waals surface area contributed by atoms with E-state index in [1.165, 1.54) is 18.2 Å². The Kier molecular flexibility index (Phi) is 4.62. The molecule has 1 aromatic rings. The first-order chi connectivity index (χ1) is 7.97. The summed E-state index contributed by atoms with van der Waals surface area (Å²) in [5, 5.41) is 10.8. The molecule has 6 heteroatoms. The summed E-state index contributed by atoms with van der Waals surface area (Å²) in [7, 11) is 0. The number of ether oxygens (including phenoxy) is 1. The Hall–Kier alpha value is -1.43. The molecule has 0 amide bonds. The maximum atomic E-state index is 11.7. The van der Waals surface area contributed by atoms with Crippen LogP contribution in [0.15, 0.2) is 18.2 Å². The second kappa shape index (κ2) is 5.77. The van der Waals surface area contributed by atoms with Gasteiger partial charge in [-0.05, 0) is 26.0 Å². The zero-order valence-electron chi connectivity index (χ0n) is 9.47. The molecule has 1 rings (SSSR count). The van der Waals surface area contributed by atoms with Crippen molar-refractivity contribution >= 4 is 27.4 Å². The highest BCUT2D eigenvalue weighted by Crippen LogP contribution is 2.28. The molecule has 0 aliphatic rings. The number of benzene rings is 1. The molecule has 0 bridgehead atoms. The van der Waals surface area contributed by atoms with E-state index in [0.717, 1.165) is 0 Å². The molecular weight excluding hydrogens is 290 g/mol. The number of hydrogen-bond acceptors (Lipinski definition) is 4. The molecule has 0 saturated carbocycles. The topological polar surface area (TPSA) is 69.4 Å². The number of nitrogens with zero attached hydrogens (tertiary/aromatic N) is 1. The van der Waals surface area contributed by atoms with E-state index in [2.05, 4.69) is 15.9 Å². The third kappa shape index (κ3) is 3.26. The van der Waals surface area contributed by atoms with Gasteiger partial charge in [0.1, 0.15) is 0 Å². The minimum Gasteiger partial charge on any atom is -0.487 e. The van der Waals surface area contributed by atoms with Crippen molar-refractivity contribution in [2.45, 2.75) is 18.7 Å². The van der Waals surface area contributed by atoms with Crippen LogP contribution in [0.5, 0.6) is 5.75 Å². The lowest BCUT2D eigenvalue weighted by Gasteiger charge is -2.06. The van der Waals surface area contributed by atoms with E-state index < -0.39 is 4.92 Å². The maximum Gasteiger partial charge on any atom is 0.311 e. The lowest BCUT2D eigenvalue weighted by molar-refractivity contribution is -0.385. The van der Waals surface area contributed by atoms with Crippen LogP contribution in [0.1, 0.15) is 24.2 Å². The van der Waals surface area contributed by atoms with Crippen LogP contribution in [-0.2, 0) is 0 Å². The molecule has 1 unspecified atom stereocenters. The first-order valence-electron chi connectivity index (χ1n) is 5.07. The number of nitro benzene ring substituents is 1. The maximum absolute atomic E-state index is 11.7. The van der Waals surface area contributed by atoms with Gasteiger partial charge in [-0.1, -0.05) is 15.9 Å². The van der Waals surface area contributed by atoms with Crippen molar-refractivity contribution < 1.29 is 14.5 Å². The molecule has 0 aromatic heterocycles. The molecule has 0 fully saturated rings. The summed E-state index contributed by atoms with van der Waals surface area (Å²) in [6.07, 6.45) is 0. The highest BCUT2D eigenvalue weighted by Gasteiger charge is 2.20. The summed E-state index contributed by atoms with van der Waals surface area (Å²) < 4.78 is 5.13. The largest absolute Gasteiger partial charge is 0.487 e. The molecule has 5 nitrogen and oxygen atoms in total. The molecular formula is C11H12BrNO4. The Morgan fingerprint density at radius 1 is 1.59 bits per heavy atom. The van der Waals surface area contributed by atoms with Crippen molar-refractivity contribution in [3.05, 3.63) is 33.9 Å². The fourth-order valence-electron chi connectivity index (χ4n) is 1.32. The van der Waals surface area contributed by atoms with Gasteiger partial charge >= 0.3 is 5.69 Å².